The van der Waals surface area contributed by atoms with Crippen LogP contribution in [0.5, 0.6) is 0 Å². The van der Waals surface area contributed by atoms with E-state index in [1.165, 1.54) is 31.2 Å². The molecule has 1 N–H and O–H groups in total. The molecule has 2 aliphatic heterocycles. The molecule has 3 aliphatic rings. The van der Waals surface area contributed by atoms with Crippen molar-refractivity contribution in [1.82, 2.24) is 10.2 Å². The minimum Gasteiger partial charge on any atom is -0.335 e. The van der Waals surface area contributed by atoms with E-state index in [-0.39, 0.29) is 5.41 Å². The number of halogens is 1. The minimum atomic E-state index is -0.272. The Hall–Kier alpha value is -0.870. The molecule has 2 atom stereocenters. The van der Waals surface area contributed by atoms with Crippen LogP contribution in [0.25, 0.3) is 0 Å². The van der Waals surface area contributed by atoms with Gasteiger partial charge in [-0.2, -0.15) is 0 Å². The molecule has 1 aromatic carbocycles. The standard InChI is InChI=1S/C19H25BrN2O/c20-15-5-3-14(4-6-15)19(10-1-2-11-19)18(23)22-16-7-8-17(22)13-21-12-9-16/h3-6,16-17,21H,1-2,7-13H2. The summed E-state index contributed by atoms with van der Waals surface area (Å²) in [5.74, 6) is 0.411. The van der Waals surface area contributed by atoms with Crippen molar-refractivity contribution in [2.24, 2.45) is 0 Å². The summed E-state index contributed by atoms with van der Waals surface area (Å²) in [4.78, 5) is 16.0. The molecule has 2 bridgehead atoms. The van der Waals surface area contributed by atoms with Crippen LogP contribution in [0.1, 0.15) is 50.5 Å². The van der Waals surface area contributed by atoms with E-state index in [4.69, 9.17) is 0 Å². The number of hydrogen-bond acceptors (Lipinski definition) is 2. The molecule has 124 valence electrons. The lowest BCUT2D eigenvalue weighted by molar-refractivity contribution is -0.140. The second kappa shape index (κ2) is 6.21. The first-order valence-electron chi connectivity index (χ1n) is 9.00. The lowest BCUT2D eigenvalue weighted by atomic mass is 9.77. The molecular formula is C19H25BrN2O. The molecule has 4 heteroatoms. The number of hydrogen-bond donors (Lipinski definition) is 1. The number of nitrogens with zero attached hydrogens (tertiary/aromatic N) is 1. The summed E-state index contributed by atoms with van der Waals surface area (Å²) >= 11 is 3.52. The Labute approximate surface area is 146 Å². The van der Waals surface area contributed by atoms with E-state index in [1.54, 1.807) is 0 Å². The minimum absolute atomic E-state index is 0.272. The molecular weight excluding hydrogens is 352 g/mol. The highest BCUT2D eigenvalue weighted by atomic mass is 79.9. The number of carbonyl (C=O) groups is 1. The van der Waals surface area contributed by atoms with Gasteiger partial charge >= 0.3 is 0 Å². The molecule has 2 unspecified atom stereocenters. The van der Waals surface area contributed by atoms with E-state index in [9.17, 15) is 4.79 Å². The van der Waals surface area contributed by atoms with Gasteiger partial charge in [-0.1, -0.05) is 40.9 Å². The van der Waals surface area contributed by atoms with Crippen LogP contribution in [-0.2, 0) is 10.2 Å². The van der Waals surface area contributed by atoms with Gasteiger partial charge in [0.1, 0.15) is 0 Å². The molecule has 0 aromatic heterocycles. The quantitative estimate of drug-likeness (QED) is 0.854. The molecule has 0 radical (unpaired) electrons. The highest BCUT2D eigenvalue weighted by Crippen LogP contribution is 2.45. The lowest BCUT2D eigenvalue weighted by Crippen LogP contribution is -2.51. The zero-order chi connectivity index (χ0) is 15.9. The molecule has 3 fully saturated rings. The monoisotopic (exact) mass is 376 g/mol. The highest BCUT2D eigenvalue weighted by Gasteiger charge is 2.49. The third-order valence-electron chi connectivity index (χ3n) is 6.15. The van der Waals surface area contributed by atoms with Gasteiger partial charge < -0.3 is 10.2 Å². The summed E-state index contributed by atoms with van der Waals surface area (Å²) in [5.41, 5.74) is 0.950. The highest BCUT2D eigenvalue weighted by molar-refractivity contribution is 9.10. The third-order valence-corrected chi connectivity index (χ3v) is 6.68. The Morgan fingerprint density at radius 1 is 1.09 bits per heavy atom. The molecule has 2 heterocycles. The van der Waals surface area contributed by atoms with E-state index in [0.29, 0.717) is 18.0 Å². The van der Waals surface area contributed by atoms with E-state index in [0.717, 1.165) is 36.8 Å². The molecule has 23 heavy (non-hydrogen) atoms. The van der Waals surface area contributed by atoms with Crippen LogP contribution in [0.3, 0.4) is 0 Å². The van der Waals surface area contributed by atoms with Gasteiger partial charge in [0.05, 0.1) is 5.41 Å². The molecule has 3 nitrogen and oxygen atoms in total. The lowest BCUT2D eigenvalue weighted by Gasteiger charge is -2.38. The van der Waals surface area contributed by atoms with Gasteiger partial charge in [0.25, 0.3) is 0 Å². The first-order valence-corrected chi connectivity index (χ1v) is 9.79. The summed E-state index contributed by atoms with van der Waals surface area (Å²) < 4.78 is 1.08. The number of benzene rings is 1. The van der Waals surface area contributed by atoms with Gasteiger partial charge in [-0.3, -0.25) is 4.79 Å². The van der Waals surface area contributed by atoms with Crippen LogP contribution in [-0.4, -0.2) is 36.0 Å². The number of amides is 1. The van der Waals surface area contributed by atoms with Crippen LogP contribution in [0.15, 0.2) is 28.7 Å². The second-order valence-corrected chi connectivity index (χ2v) is 8.30. The summed E-state index contributed by atoms with van der Waals surface area (Å²) in [7, 11) is 0. The second-order valence-electron chi connectivity index (χ2n) is 7.39. The van der Waals surface area contributed by atoms with Crippen molar-refractivity contribution in [3.05, 3.63) is 34.3 Å². The average molecular weight is 377 g/mol. The zero-order valence-electron chi connectivity index (χ0n) is 13.6. The van der Waals surface area contributed by atoms with Crippen molar-refractivity contribution in [3.63, 3.8) is 0 Å². The Morgan fingerprint density at radius 3 is 2.52 bits per heavy atom. The number of carbonyl (C=O) groups excluding carboxylic acids is 1. The van der Waals surface area contributed by atoms with Crippen LogP contribution in [0.2, 0.25) is 0 Å². The van der Waals surface area contributed by atoms with Crippen LogP contribution in [0.4, 0.5) is 0 Å². The Bertz CT molecular complexity index is 566. The van der Waals surface area contributed by atoms with Gasteiger partial charge in [0.15, 0.2) is 0 Å². The van der Waals surface area contributed by atoms with Crippen LogP contribution >= 0.6 is 15.9 Å². The van der Waals surface area contributed by atoms with Gasteiger partial charge in [-0.25, -0.2) is 0 Å². The van der Waals surface area contributed by atoms with Crippen molar-refractivity contribution in [1.29, 1.82) is 0 Å². The largest absolute Gasteiger partial charge is 0.335 e. The van der Waals surface area contributed by atoms with Gasteiger partial charge in [-0.15, -0.1) is 0 Å². The van der Waals surface area contributed by atoms with E-state index >= 15 is 0 Å². The van der Waals surface area contributed by atoms with E-state index in [2.05, 4.69) is 50.4 Å². The molecule has 1 amide bonds. The first-order chi connectivity index (χ1) is 11.2. The normalized spacial score (nSPS) is 29.5. The van der Waals surface area contributed by atoms with E-state index in [1.807, 2.05) is 0 Å². The van der Waals surface area contributed by atoms with Crippen molar-refractivity contribution < 1.29 is 4.79 Å². The fourth-order valence-electron chi connectivity index (χ4n) is 4.93. The molecule has 1 aromatic rings. The Kier molecular flexibility index (Phi) is 4.22. The maximum atomic E-state index is 13.7. The smallest absolute Gasteiger partial charge is 0.233 e. The maximum absolute atomic E-state index is 13.7. The topological polar surface area (TPSA) is 32.3 Å². The van der Waals surface area contributed by atoms with Gasteiger partial charge in [0.2, 0.25) is 5.91 Å². The third kappa shape index (κ3) is 2.64. The van der Waals surface area contributed by atoms with Crippen LogP contribution in [0, 0.1) is 0 Å². The SMILES string of the molecule is O=C(N1C2CCNCC1CC2)C1(c2ccc(Br)cc2)CCCC1. The Balaban J connectivity index is 1.70. The van der Waals surface area contributed by atoms with Crippen molar-refractivity contribution in [2.45, 2.75) is 62.4 Å². The predicted octanol–water partition coefficient (Wildman–Crippen LogP) is 3.61. The van der Waals surface area contributed by atoms with Gasteiger partial charge in [0, 0.05) is 23.1 Å². The number of nitrogens with one attached hydrogen (secondary N) is 1. The van der Waals surface area contributed by atoms with Crippen molar-refractivity contribution >= 4 is 21.8 Å². The molecule has 2 saturated heterocycles. The fraction of sp³-hybridized carbons (Fsp3) is 0.632. The summed E-state index contributed by atoms with van der Waals surface area (Å²) in [6.45, 7) is 2.02. The number of fused-ring (bicyclic) bond motifs is 2. The van der Waals surface area contributed by atoms with Gasteiger partial charge in [-0.05, 0) is 56.3 Å². The molecule has 1 saturated carbocycles. The average Bonchev–Trinajstić information content (AvgIpc) is 3.12. The summed E-state index contributed by atoms with van der Waals surface area (Å²) in [6.07, 6.45) is 7.83. The molecule has 0 spiro atoms. The summed E-state index contributed by atoms with van der Waals surface area (Å²) in [5, 5.41) is 3.51. The molecule has 1 aliphatic carbocycles. The summed E-state index contributed by atoms with van der Waals surface area (Å²) in [6, 6.07) is 9.34. The van der Waals surface area contributed by atoms with Crippen molar-refractivity contribution in [2.75, 3.05) is 13.1 Å². The fourth-order valence-corrected chi connectivity index (χ4v) is 5.20. The van der Waals surface area contributed by atoms with Crippen molar-refractivity contribution in [3.8, 4) is 0 Å². The van der Waals surface area contributed by atoms with E-state index < -0.39 is 0 Å². The molecule has 4 rings (SSSR count). The zero-order valence-corrected chi connectivity index (χ0v) is 15.1. The first kappa shape index (κ1) is 15.6. The Morgan fingerprint density at radius 2 is 1.78 bits per heavy atom. The van der Waals surface area contributed by atoms with Crippen LogP contribution < -0.4 is 5.32 Å². The maximum Gasteiger partial charge on any atom is 0.233 e. The number of rotatable bonds is 2. The predicted molar refractivity (Wildman–Crippen MR) is 95.4 cm³/mol.